The Balaban J connectivity index is 2.17. The highest BCUT2D eigenvalue weighted by molar-refractivity contribution is 6.02. The third kappa shape index (κ3) is 2.87. The van der Waals surface area contributed by atoms with E-state index in [0.717, 1.165) is 5.56 Å². The number of pyridine rings is 1. The Kier molecular flexibility index (Phi) is 3.14. The average Bonchev–Trinajstić information content (AvgIpc) is 2.29. The first-order valence-corrected chi connectivity index (χ1v) is 5.16. The molecule has 3 nitrogen and oxygen atoms in total. The van der Waals surface area contributed by atoms with Crippen LogP contribution in [0.3, 0.4) is 0 Å². The molecule has 1 aromatic carbocycles. The van der Waals surface area contributed by atoms with Crippen LogP contribution in [-0.2, 0) is 0 Å². The standard InChI is InChI=1S/C13H11FN2O/c1-9-4-2-5-10(8-9)15-13(17)11-6-3-7-12(14)16-11/h2-8H,1H3,(H,15,17). The van der Waals surface area contributed by atoms with Gasteiger partial charge in [0.1, 0.15) is 5.69 Å². The minimum Gasteiger partial charge on any atom is -0.321 e. The van der Waals surface area contributed by atoms with E-state index in [9.17, 15) is 9.18 Å². The molecule has 0 radical (unpaired) electrons. The number of rotatable bonds is 2. The van der Waals surface area contributed by atoms with Crippen molar-refractivity contribution in [2.75, 3.05) is 5.32 Å². The Hall–Kier alpha value is -2.23. The lowest BCUT2D eigenvalue weighted by Crippen LogP contribution is -2.14. The van der Waals surface area contributed by atoms with Crippen LogP contribution in [0.15, 0.2) is 42.5 Å². The number of halogens is 1. The zero-order valence-electron chi connectivity index (χ0n) is 9.27. The fourth-order valence-corrected chi connectivity index (χ4v) is 1.45. The quantitative estimate of drug-likeness (QED) is 0.806. The lowest BCUT2D eigenvalue weighted by Gasteiger charge is -2.05. The number of carbonyl (C=O) groups excluding carboxylic acids is 1. The fraction of sp³-hybridized carbons (Fsp3) is 0.0769. The molecule has 0 atom stereocenters. The molecule has 0 aliphatic rings. The van der Waals surface area contributed by atoms with Crippen molar-refractivity contribution in [1.82, 2.24) is 4.98 Å². The first-order valence-electron chi connectivity index (χ1n) is 5.16. The monoisotopic (exact) mass is 230 g/mol. The molecule has 0 bridgehead atoms. The average molecular weight is 230 g/mol. The number of aromatic nitrogens is 1. The van der Waals surface area contributed by atoms with Crippen molar-refractivity contribution in [3.63, 3.8) is 0 Å². The van der Waals surface area contributed by atoms with Gasteiger partial charge in [-0.1, -0.05) is 18.2 Å². The third-order valence-electron chi connectivity index (χ3n) is 2.22. The van der Waals surface area contributed by atoms with Crippen LogP contribution in [-0.4, -0.2) is 10.9 Å². The van der Waals surface area contributed by atoms with E-state index < -0.39 is 11.9 Å². The van der Waals surface area contributed by atoms with Crippen molar-refractivity contribution < 1.29 is 9.18 Å². The predicted molar refractivity (Wildman–Crippen MR) is 63.3 cm³/mol. The summed E-state index contributed by atoms with van der Waals surface area (Å²) in [4.78, 5) is 15.3. The Morgan fingerprint density at radius 1 is 1.24 bits per heavy atom. The van der Waals surface area contributed by atoms with Crippen LogP contribution < -0.4 is 5.32 Å². The third-order valence-corrected chi connectivity index (χ3v) is 2.22. The van der Waals surface area contributed by atoms with Gasteiger partial charge in [0.25, 0.3) is 5.91 Å². The summed E-state index contributed by atoms with van der Waals surface area (Å²) in [5.41, 5.74) is 1.77. The maximum Gasteiger partial charge on any atom is 0.274 e. The molecule has 0 spiro atoms. The number of nitrogens with one attached hydrogen (secondary N) is 1. The number of anilines is 1. The van der Waals surface area contributed by atoms with Crippen LogP contribution >= 0.6 is 0 Å². The van der Waals surface area contributed by atoms with Gasteiger partial charge in [0.15, 0.2) is 0 Å². The molecule has 4 heteroatoms. The zero-order valence-corrected chi connectivity index (χ0v) is 9.27. The van der Waals surface area contributed by atoms with Gasteiger partial charge in [0.05, 0.1) is 0 Å². The summed E-state index contributed by atoms with van der Waals surface area (Å²) in [6.07, 6.45) is 0. The minimum atomic E-state index is -0.665. The highest BCUT2D eigenvalue weighted by Crippen LogP contribution is 2.10. The number of amides is 1. The van der Waals surface area contributed by atoms with Gasteiger partial charge in [-0.05, 0) is 36.8 Å². The van der Waals surface area contributed by atoms with E-state index in [1.807, 2.05) is 25.1 Å². The largest absolute Gasteiger partial charge is 0.321 e. The Labute approximate surface area is 98.3 Å². The maximum atomic E-state index is 12.8. The van der Waals surface area contributed by atoms with Crippen LogP contribution in [0, 0.1) is 12.9 Å². The van der Waals surface area contributed by atoms with Crippen molar-refractivity contribution in [1.29, 1.82) is 0 Å². The second-order valence-electron chi connectivity index (χ2n) is 3.67. The van der Waals surface area contributed by atoms with Gasteiger partial charge in [-0.2, -0.15) is 4.39 Å². The summed E-state index contributed by atoms with van der Waals surface area (Å²) in [6, 6.07) is 11.5. The minimum absolute atomic E-state index is 0.0616. The van der Waals surface area contributed by atoms with Crippen molar-refractivity contribution in [2.45, 2.75) is 6.92 Å². The number of hydrogen-bond acceptors (Lipinski definition) is 2. The molecule has 1 aromatic heterocycles. The Morgan fingerprint density at radius 2 is 2.00 bits per heavy atom. The van der Waals surface area contributed by atoms with Gasteiger partial charge in [-0.3, -0.25) is 4.79 Å². The summed E-state index contributed by atoms with van der Waals surface area (Å²) in [6.45, 7) is 1.93. The van der Waals surface area contributed by atoms with E-state index in [1.165, 1.54) is 18.2 Å². The Bertz CT molecular complexity index is 555. The maximum absolute atomic E-state index is 12.8. The molecule has 0 saturated heterocycles. The lowest BCUT2D eigenvalue weighted by atomic mass is 10.2. The van der Waals surface area contributed by atoms with E-state index >= 15 is 0 Å². The normalized spacial score (nSPS) is 10.0. The number of benzene rings is 1. The molecule has 1 N–H and O–H groups in total. The van der Waals surface area contributed by atoms with Gasteiger partial charge < -0.3 is 5.32 Å². The summed E-state index contributed by atoms with van der Waals surface area (Å²) in [5.74, 6) is -1.09. The summed E-state index contributed by atoms with van der Waals surface area (Å²) < 4.78 is 12.8. The smallest absolute Gasteiger partial charge is 0.274 e. The second kappa shape index (κ2) is 4.74. The molecular weight excluding hydrogens is 219 g/mol. The Morgan fingerprint density at radius 3 is 2.71 bits per heavy atom. The zero-order chi connectivity index (χ0) is 12.3. The fourth-order valence-electron chi connectivity index (χ4n) is 1.45. The van der Waals surface area contributed by atoms with E-state index in [1.54, 1.807) is 6.07 Å². The molecule has 86 valence electrons. The van der Waals surface area contributed by atoms with Crippen molar-refractivity contribution in [3.05, 3.63) is 59.7 Å². The lowest BCUT2D eigenvalue weighted by molar-refractivity contribution is 0.102. The molecule has 0 saturated carbocycles. The van der Waals surface area contributed by atoms with Crippen LogP contribution in [0.1, 0.15) is 16.1 Å². The summed E-state index contributed by atoms with van der Waals surface area (Å²) in [7, 11) is 0. The number of hydrogen-bond donors (Lipinski definition) is 1. The van der Waals surface area contributed by atoms with Gasteiger partial charge >= 0.3 is 0 Å². The molecule has 2 rings (SSSR count). The highest BCUT2D eigenvalue weighted by atomic mass is 19.1. The molecule has 0 fully saturated rings. The predicted octanol–water partition coefficient (Wildman–Crippen LogP) is 2.78. The number of nitrogens with zero attached hydrogens (tertiary/aromatic N) is 1. The first kappa shape index (κ1) is 11.3. The van der Waals surface area contributed by atoms with E-state index in [-0.39, 0.29) is 5.69 Å². The van der Waals surface area contributed by atoms with Crippen molar-refractivity contribution in [3.8, 4) is 0 Å². The summed E-state index contributed by atoms with van der Waals surface area (Å²) >= 11 is 0. The first-order chi connectivity index (χ1) is 8.15. The molecular formula is C13H11FN2O. The molecule has 1 amide bonds. The number of carbonyl (C=O) groups is 1. The molecule has 0 aliphatic carbocycles. The number of aryl methyl sites for hydroxylation is 1. The molecule has 0 aliphatic heterocycles. The van der Waals surface area contributed by atoms with Crippen LogP contribution in [0.5, 0.6) is 0 Å². The van der Waals surface area contributed by atoms with Gasteiger partial charge in [-0.25, -0.2) is 4.98 Å². The summed E-state index contributed by atoms with van der Waals surface area (Å²) in [5, 5.41) is 2.66. The molecule has 17 heavy (non-hydrogen) atoms. The molecule has 2 aromatic rings. The molecule has 1 heterocycles. The van der Waals surface area contributed by atoms with Gasteiger partial charge in [0.2, 0.25) is 5.95 Å². The second-order valence-corrected chi connectivity index (χ2v) is 3.67. The van der Waals surface area contributed by atoms with Crippen LogP contribution in [0.25, 0.3) is 0 Å². The van der Waals surface area contributed by atoms with Gasteiger partial charge in [-0.15, -0.1) is 0 Å². The molecule has 0 unspecified atom stereocenters. The van der Waals surface area contributed by atoms with Crippen LogP contribution in [0.2, 0.25) is 0 Å². The SMILES string of the molecule is Cc1cccc(NC(=O)c2cccc(F)n2)c1. The van der Waals surface area contributed by atoms with E-state index in [4.69, 9.17) is 0 Å². The van der Waals surface area contributed by atoms with Crippen molar-refractivity contribution >= 4 is 11.6 Å². The van der Waals surface area contributed by atoms with E-state index in [2.05, 4.69) is 10.3 Å². The van der Waals surface area contributed by atoms with Gasteiger partial charge in [0, 0.05) is 5.69 Å². The topological polar surface area (TPSA) is 42.0 Å². The van der Waals surface area contributed by atoms with Crippen LogP contribution in [0.4, 0.5) is 10.1 Å². The van der Waals surface area contributed by atoms with Crippen molar-refractivity contribution in [2.24, 2.45) is 0 Å². The highest BCUT2D eigenvalue weighted by Gasteiger charge is 2.08. The van der Waals surface area contributed by atoms with E-state index in [0.29, 0.717) is 5.69 Å².